The molecule has 0 aromatic heterocycles. The van der Waals surface area contributed by atoms with Crippen molar-refractivity contribution in [2.45, 2.75) is 65.7 Å². The summed E-state index contributed by atoms with van der Waals surface area (Å²) in [5, 5.41) is 34.0. The Labute approximate surface area is 243 Å². The van der Waals surface area contributed by atoms with Crippen LogP contribution in [0.15, 0.2) is 0 Å². The SMILES string of the molecule is COC(=O)CC(C)C(=O)O.COC(=O)CC(C)CC(=O)O.COC(=O)CC(CCOC(=O)CC(C)C(=O)O)CC(=O)O. The van der Waals surface area contributed by atoms with E-state index in [0.717, 1.165) is 0 Å². The van der Waals surface area contributed by atoms with Crippen molar-refractivity contribution in [1.29, 1.82) is 0 Å². The average Bonchev–Trinajstić information content (AvgIpc) is 2.87. The molecule has 0 saturated carbocycles. The van der Waals surface area contributed by atoms with Gasteiger partial charge in [0.1, 0.15) is 0 Å². The van der Waals surface area contributed by atoms with Crippen LogP contribution in [0.3, 0.4) is 0 Å². The molecular weight excluding hydrogens is 568 g/mol. The fourth-order valence-corrected chi connectivity index (χ4v) is 2.74. The maximum atomic E-state index is 11.3. The van der Waals surface area contributed by atoms with Crippen LogP contribution < -0.4 is 0 Å². The second kappa shape index (κ2) is 24.5. The standard InChI is InChI=1S/C13H20O8.C7H12O4.C6H10O4/c1-8(13(18)19)5-12(17)21-4-3-9(6-10(14)15)7-11(16)20-2;1-5(3-6(8)9)4-7(10)11-2;1-4(6(8)9)3-5(7)10-2/h8-9H,3-7H2,1-2H3,(H,14,15)(H,18,19);5H,3-4H2,1-2H3,(H,8,9);4H,3H2,1-2H3,(H,8,9). The molecule has 0 aliphatic heterocycles. The Hall–Kier alpha value is -4.24. The normalized spacial score (nSPS) is 12.6. The summed E-state index contributed by atoms with van der Waals surface area (Å²) >= 11 is 0. The van der Waals surface area contributed by atoms with Gasteiger partial charge < -0.3 is 39.4 Å². The fourth-order valence-electron chi connectivity index (χ4n) is 2.74. The molecule has 4 N–H and O–H groups in total. The first kappa shape index (κ1) is 42.2. The zero-order valence-corrected chi connectivity index (χ0v) is 24.7. The summed E-state index contributed by atoms with van der Waals surface area (Å²) in [6.45, 7) is 4.47. The second-order valence-electron chi connectivity index (χ2n) is 9.20. The van der Waals surface area contributed by atoms with E-state index in [1.54, 1.807) is 6.92 Å². The van der Waals surface area contributed by atoms with Gasteiger partial charge in [-0.1, -0.05) is 20.8 Å². The van der Waals surface area contributed by atoms with Crippen LogP contribution in [0.1, 0.15) is 65.7 Å². The lowest BCUT2D eigenvalue weighted by molar-refractivity contribution is -0.151. The van der Waals surface area contributed by atoms with Gasteiger partial charge in [-0.15, -0.1) is 0 Å². The topological polar surface area (TPSA) is 254 Å². The van der Waals surface area contributed by atoms with E-state index in [1.807, 2.05) is 0 Å². The van der Waals surface area contributed by atoms with E-state index < -0.39 is 59.5 Å². The lowest BCUT2D eigenvalue weighted by atomic mass is 9.98. The minimum Gasteiger partial charge on any atom is -0.481 e. The molecule has 16 nitrogen and oxygen atoms in total. The Morgan fingerprint density at radius 2 is 0.905 bits per heavy atom. The third-order valence-electron chi connectivity index (χ3n) is 5.22. The minimum atomic E-state index is -1.10. The molecule has 242 valence electrons. The Morgan fingerprint density at radius 1 is 0.524 bits per heavy atom. The molecule has 0 aliphatic carbocycles. The molecule has 0 aromatic rings. The number of carbonyl (C=O) groups excluding carboxylic acids is 4. The van der Waals surface area contributed by atoms with Crippen LogP contribution in [-0.2, 0) is 57.3 Å². The van der Waals surface area contributed by atoms with Crippen molar-refractivity contribution in [3.05, 3.63) is 0 Å². The maximum absolute atomic E-state index is 11.3. The number of aliphatic carboxylic acids is 4. The number of carboxylic acids is 4. The first-order valence-corrected chi connectivity index (χ1v) is 12.6. The van der Waals surface area contributed by atoms with Crippen molar-refractivity contribution in [2.24, 2.45) is 23.7 Å². The number of carboxylic acid groups (broad SMARTS) is 4. The summed E-state index contributed by atoms with van der Waals surface area (Å²) < 4.78 is 17.9. The van der Waals surface area contributed by atoms with Crippen LogP contribution in [0, 0.1) is 23.7 Å². The van der Waals surface area contributed by atoms with Gasteiger partial charge >= 0.3 is 47.8 Å². The first-order chi connectivity index (χ1) is 19.4. The third-order valence-corrected chi connectivity index (χ3v) is 5.22. The summed E-state index contributed by atoms with van der Waals surface area (Å²) in [6, 6.07) is 0. The predicted octanol–water partition coefficient (Wildman–Crippen LogP) is 1.62. The molecule has 0 heterocycles. The molecule has 16 heteroatoms. The van der Waals surface area contributed by atoms with Gasteiger partial charge in [-0.05, 0) is 18.3 Å². The highest BCUT2D eigenvalue weighted by atomic mass is 16.5. The van der Waals surface area contributed by atoms with E-state index >= 15 is 0 Å². The zero-order valence-electron chi connectivity index (χ0n) is 24.7. The van der Waals surface area contributed by atoms with Gasteiger partial charge in [-0.2, -0.15) is 0 Å². The van der Waals surface area contributed by atoms with Gasteiger partial charge in [-0.3, -0.25) is 38.4 Å². The molecule has 0 amide bonds. The number of methoxy groups -OCH3 is 3. The van der Waals surface area contributed by atoms with E-state index in [-0.39, 0.29) is 63.4 Å². The lowest BCUT2D eigenvalue weighted by Crippen LogP contribution is -2.19. The van der Waals surface area contributed by atoms with Crippen molar-refractivity contribution in [1.82, 2.24) is 0 Å². The monoisotopic (exact) mass is 610 g/mol. The Morgan fingerprint density at radius 3 is 1.29 bits per heavy atom. The van der Waals surface area contributed by atoms with E-state index in [0.29, 0.717) is 0 Å². The highest BCUT2D eigenvalue weighted by Gasteiger charge is 2.20. The van der Waals surface area contributed by atoms with Gasteiger partial charge in [0.15, 0.2) is 0 Å². The number of hydrogen-bond acceptors (Lipinski definition) is 12. The van der Waals surface area contributed by atoms with Gasteiger partial charge in [0.25, 0.3) is 0 Å². The van der Waals surface area contributed by atoms with Crippen molar-refractivity contribution >= 4 is 47.8 Å². The van der Waals surface area contributed by atoms with Gasteiger partial charge in [0.05, 0.1) is 52.6 Å². The van der Waals surface area contributed by atoms with Gasteiger partial charge in [-0.25, -0.2) is 0 Å². The first-order valence-electron chi connectivity index (χ1n) is 12.6. The Kier molecular flexibility index (Phi) is 24.7. The highest BCUT2D eigenvalue weighted by Crippen LogP contribution is 2.15. The van der Waals surface area contributed by atoms with Crippen molar-refractivity contribution < 1.29 is 77.7 Å². The number of esters is 4. The molecule has 0 saturated heterocycles. The summed E-state index contributed by atoms with van der Waals surface area (Å²) in [7, 11) is 3.72. The second-order valence-corrected chi connectivity index (χ2v) is 9.20. The molecule has 4 atom stereocenters. The average molecular weight is 611 g/mol. The van der Waals surface area contributed by atoms with Crippen LogP contribution in [0.25, 0.3) is 0 Å². The van der Waals surface area contributed by atoms with Gasteiger partial charge in [0.2, 0.25) is 0 Å². The predicted molar refractivity (Wildman–Crippen MR) is 141 cm³/mol. The smallest absolute Gasteiger partial charge is 0.306 e. The zero-order chi connectivity index (χ0) is 33.4. The molecular formula is C26H42O16. The summed E-state index contributed by atoms with van der Waals surface area (Å²) in [6.07, 6.45) is -0.266. The minimum absolute atomic E-state index is 0.00903. The summed E-state index contributed by atoms with van der Waals surface area (Å²) in [5.41, 5.74) is 0. The van der Waals surface area contributed by atoms with E-state index in [9.17, 15) is 38.4 Å². The largest absolute Gasteiger partial charge is 0.481 e. The Balaban J connectivity index is -0.000000607. The highest BCUT2D eigenvalue weighted by molar-refractivity contribution is 5.79. The van der Waals surface area contributed by atoms with Gasteiger partial charge in [0, 0.05) is 25.7 Å². The summed E-state index contributed by atoms with van der Waals surface area (Å²) in [5.74, 6) is -8.24. The fraction of sp³-hybridized carbons (Fsp3) is 0.692. The molecule has 0 radical (unpaired) electrons. The number of rotatable bonds is 17. The Bertz CT molecular complexity index is 897. The van der Waals surface area contributed by atoms with Crippen LogP contribution in [0.4, 0.5) is 0 Å². The van der Waals surface area contributed by atoms with Crippen LogP contribution >= 0.6 is 0 Å². The maximum Gasteiger partial charge on any atom is 0.306 e. The number of carbonyl (C=O) groups is 8. The molecule has 0 aromatic carbocycles. The lowest BCUT2D eigenvalue weighted by Gasteiger charge is -2.14. The van der Waals surface area contributed by atoms with Crippen molar-refractivity contribution in [3.63, 3.8) is 0 Å². The van der Waals surface area contributed by atoms with E-state index in [4.69, 9.17) is 25.2 Å². The van der Waals surface area contributed by atoms with Crippen LogP contribution in [0.5, 0.6) is 0 Å². The third kappa shape index (κ3) is 27.3. The van der Waals surface area contributed by atoms with Crippen molar-refractivity contribution in [2.75, 3.05) is 27.9 Å². The molecule has 42 heavy (non-hydrogen) atoms. The molecule has 4 unspecified atom stereocenters. The molecule has 0 rings (SSSR count). The molecule has 0 fully saturated rings. The molecule has 0 spiro atoms. The quantitative estimate of drug-likeness (QED) is 0.135. The van der Waals surface area contributed by atoms with Crippen LogP contribution in [0.2, 0.25) is 0 Å². The van der Waals surface area contributed by atoms with E-state index in [1.165, 1.54) is 35.2 Å². The van der Waals surface area contributed by atoms with Crippen molar-refractivity contribution in [3.8, 4) is 0 Å². The molecule has 0 bridgehead atoms. The summed E-state index contributed by atoms with van der Waals surface area (Å²) in [4.78, 5) is 85.0. The van der Waals surface area contributed by atoms with Crippen LogP contribution in [-0.4, -0.2) is 96.1 Å². The molecule has 0 aliphatic rings. The number of hydrogen-bond donors (Lipinski definition) is 4. The van der Waals surface area contributed by atoms with E-state index in [2.05, 4.69) is 14.2 Å². The number of ether oxygens (including phenoxy) is 4.